The third kappa shape index (κ3) is 4.84. The highest BCUT2D eigenvalue weighted by molar-refractivity contribution is 8.13. The number of amidine groups is 1. The van der Waals surface area contributed by atoms with Crippen LogP contribution in [0.15, 0.2) is 0 Å². The second kappa shape index (κ2) is 6.22. The Morgan fingerprint density at radius 1 is 1.64 bits per heavy atom. The third-order valence-corrected chi connectivity index (χ3v) is 2.30. The lowest BCUT2D eigenvalue weighted by molar-refractivity contribution is 0.781. The molecule has 0 radical (unpaired) electrons. The molecule has 11 heavy (non-hydrogen) atoms. The van der Waals surface area contributed by atoms with Gasteiger partial charge in [-0.3, -0.25) is 10.8 Å². The van der Waals surface area contributed by atoms with Crippen LogP contribution < -0.4 is 0 Å². The molecule has 0 aliphatic carbocycles. The molecule has 0 bridgehead atoms. The van der Waals surface area contributed by atoms with E-state index in [0.29, 0.717) is 5.17 Å². The molecular weight excluding hydrogens is 158 g/mol. The van der Waals surface area contributed by atoms with E-state index in [2.05, 4.69) is 6.92 Å². The van der Waals surface area contributed by atoms with Crippen molar-refractivity contribution < 1.29 is 0 Å². The minimum absolute atomic E-state index is 0.452. The Morgan fingerprint density at radius 2 is 2.27 bits per heavy atom. The van der Waals surface area contributed by atoms with Crippen LogP contribution in [0.25, 0.3) is 0 Å². The molecule has 0 aromatic carbocycles. The molecule has 64 valence electrons. The van der Waals surface area contributed by atoms with E-state index in [0.717, 1.165) is 24.9 Å². The van der Waals surface area contributed by atoms with Gasteiger partial charge in [0.2, 0.25) is 0 Å². The molecule has 0 aromatic heterocycles. The standard InChI is InChI=1S/C7H15N3S/c1-3-4-5-11-7(9)10(2)6-8/h6,8-9H,3-5H2,1-2H3. The Bertz CT molecular complexity index is 136. The highest BCUT2D eigenvalue weighted by Gasteiger charge is 1.99. The number of nitrogens with one attached hydrogen (secondary N) is 2. The van der Waals surface area contributed by atoms with Crippen LogP contribution in [0.5, 0.6) is 0 Å². The van der Waals surface area contributed by atoms with Gasteiger partial charge in [-0.2, -0.15) is 0 Å². The van der Waals surface area contributed by atoms with E-state index < -0.39 is 0 Å². The van der Waals surface area contributed by atoms with Crippen molar-refractivity contribution >= 4 is 23.3 Å². The average molecular weight is 173 g/mol. The van der Waals surface area contributed by atoms with E-state index in [4.69, 9.17) is 10.8 Å². The van der Waals surface area contributed by atoms with Gasteiger partial charge >= 0.3 is 0 Å². The van der Waals surface area contributed by atoms with Crippen LogP contribution >= 0.6 is 11.8 Å². The zero-order chi connectivity index (χ0) is 8.69. The van der Waals surface area contributed by atoms with Crippen molar-refractivity contribution in [2.75, 3.05) is 12.8 Å². The number of unbranched alkanes of at least 4 members (excludes halogenated alkanes) is 1. The molecule has 0 atom stereocenters. The molecule has 3 nitrogen and oxygen atoms in total. The van der Waals surface area contributed by atoms with Gasteiger partial charge < -0.3 is 4.90 Å². The van der Waals surface area contributed by atoms with Crippen LogP contribution in [-0.2, 0) is 0 Å². The Balaban J connectivity index is 3.44. The van der Waals surface area contributed by atoms with Crippen LogP contribution in [0.1, 0.15) is 19.8 Å². The van der Waals surface area contributed by atoms with Gasteiger partial charge in [-0.05, 0) is 6.42 Å². The van der Waals surface area contributed by atoms with Crippen molar-refractivity contribution in [1.82, 2.24) is 4.90 Å². The van der Waals surface area contributed by atoms with Gasteiger partial charge in [-0.1, -0.05) is 25.1 Å². The molecule has 0 heterocycles. The quantitative estimate of drug-likeness (QED) is 0.388. The Labute approximate surface area is 72.2 Å². The number of rotatable bonds is 4. The van der Waals surface area contributed by atoms with E-state index >= 15 is 0 Å². The van der Waals surface area contributed by atoms with Crippen molar-refractivity contribution in [2.24, 2.45) is 0 Å². The lowest BCUT2D eigenvalue weighted by Crippen LogP contribution is -2.20. The minimum Gasteiger partial charge on any atom is -0.316 e. The average Bonchev–Trinajstić information content (AvgIpc) is 2.03. The summed E-state index contributed by atoms with van der Waals surface area (Å²) in [5.41, 5.74) is 0. The maximum absolute atomic E-state index is 7.41. The van der Waals surface area contributed by atoms with Crippen molar-refractivity contribution in [3.05, 3.63) is 0 Å². The van der Waals surface area contributed by atoms with Gasteiger partial charge in [-0.15, -0.1) is 0 Å². The topological polar surface area (TPSA) is 50.9 Å². The largest absolute Gasteiger partial charge is 0.316 e. The minimum atomic E-state index is 0.452. The first-order valence-electron chi connectivity index (χ1n) is 3.67. The summed E-state index contributed by atoms with van der Waals surface area (Å²) in [4.78, 5) is 1.50. The highest BCUT2D eigenvalue weighted by Crippen LogP contribution is 2.07. The second-order valence-electron chi connectivity index (χ2n) is 2.25. The van der Waals surface area contributed by atoms with Gasteiger partial charge in [0.05, 0.1) is 6.34 Å². The molecule has 0 aromatic rings. The van der Waals surface area contributed by atoms with E-state index in [-0.39, 0.29) is 0 Å². The summed E-state index contributed by atoms with van der Waals surface area (Å²) in [7, 11) is 1.72. The highest BCUT2D eigenvalue weighted by atomic mass is 32.2. The molecule has 0 saturated heterocycles. The smallest absolute Gasteiger partial charge is 0.161 e. The van der Waals surface area contributed by atoms with Crippen LogP contribution in [0.3, 0.4) is 0 Å². The third-order valence-electron chi connectivity index (χ3n) is 1.25. The first kappa shape index (κ1) is 10.5. The summed E-state index contributed by atoms with van der Waals surface area (Å²) in [5, 5.41) is 14.7. The fraction of sp³-hybridized carbons (Fsp3) is 0.714. The SMILES string of the molecule is CCCCSC(=N)N(C)C=N. The molecule has 0 aliphatic heterocycles. The second-order valence-corrected chi connectivity index (χ2v) is 3.33. The summed E-state index contributed by atoms with van der Waals surface area (Å²) >= 11 is 1.49. The molecule has 0 unspecified atom stereocenters. The summed E-state index contributed by atoms with van der Waals surface area (Å²) < 4.78 is 0. The summed E-state index contributed by atoms with van der Waals surface area (Å²) in [6.45, 7) is 2.13. The fourth-order valence-electron chi connectivity index (χ4n) is 0.474. The van der Waals surface area contributed by atoms with Crippen molar-refractivity contribution in [3.8, 4) is 0 Å². The number of thioether (sulfide) groups is 1. The maximum Gasteiger partial charge on any atom is 0.161 e. The Kier molecular flexibility index (Phi) is 5.93. The lowest BCUT2D eigenvalue weighted by atomic mass is 10.4. The molecule has 0 amide bonds. The monoisotopic (exact) mass is 173 g/mol. The van der Waals surface area contributed by atoms with E-state index in [9.17, 15) is 0 Å². The van der Waals surface area contributed by atoms with E-state index in [1.165, 1.54) is 16.7 Å². The van der Waals surface area contributed by atoms with Gasteiger partial charge in [0, 0.05) is 12.8 Å². The summed E-state index contributed by atoms with van der Waals surface area (Å²) in [6, 6.07) is 0. The first-order chi connectivity index (χ1) is 5.22. The maximum atomic E-state index is 7.41. The van der Waals surface area contributed by atoms with Gasteiger partial charge in [-0.25, -0.2) is 0 Å². The lowest BCUT2D eigenvalue weighted by Gasteiger charge is -2.11. The molecule has 0 rings (SSSR count). The summed E-state index contributed by atoms with van der Waals surface area (Å²) in [6.07, 6.45) is 3.45. The molecule has 4 heteroatoms. The molecule has 2 N–H and O–H groups in total. The van der Waals surface area contributed by atoms with Crippen LogP contribution in [0.2, 0.25) is 0 Å². The van der Waals surface area contributed by atoms with Gasteiger partial charge in [0.25, 0.3) is 0 Å². The molecule has 0 aliphatic rings. The summed E-state index contributed by atoms with van der Waals surface area (Å²) in [5.74, 6) is 0.980. The number of hydrogen-bond donors (Lipinski definition) is 2. The number of hydrogen-bond acceptors (Lipinski definition) is 3. The molecule has 0 fully saturated rings. The van der Waals surface area contributed by atoms with E-state index in [1.807, 2.05) is 0 Å². The van der Waals surface area contributed by atoms with Crippen molar-refractivity contribution in [3.63, 3.8) is 0 Å². The van der Waals surface area contributed by atoms with Gasteiger partial charge in [0.15, 0.2) is 5.17 Å². The Hall–Kier alpha value is -0.510. The first-order valence-corrected chi connectivity index (χ1v) is 4.65. The zero-order valence-electron chi connectivity index (χ0n) is 7.05. The molecular formula is C7H15N3S. The predicted octanol–water partition coefficient (Wildman–Crippen LogP) is 1.99. The predicted molar refractivity (Wildman–Crippen MR) is 51.6 cm³/mol. The zero-order valence-corrected chi connectivity index (χ0v) is 7.87. The van der Waals surface area contributed by atoms with Crippen LogP contribution in [0, 0.1) is 10.8 Å². The normalized spacial score (nSPS) is 9.27. The van der Waals surface area contributed by atoms with Crippen molar-refractivity contribution in [1.29, 1.82) is 10.8 Å². The molecule has 0 spiro atoms. The fourth-order valence-corrected chi connectivity index (χ4v) is 1.36. The van der Waals surface area contributed by atoms with Crippen LogP contribution in [0.4, 0.5) is 0 Å². The molecule has 0 saturated carbocycles. The van der Waals surface area contributed by atoms with Gasteiger partial charge in [0.1, 0.15) is 0 Å². The Morgan fingerprint density at radius 3 is 2.73 bits per heavy atom. The number of nitrogens with zero attached hydrogens (tertiary/aromatic N) is 1. The van der Waals surface area contributed by atoms with Crippen LogP contribution in [-0.4, -0.2) is 29.2 Å². The van der Waals surface area contributed by atoms with E-state index in [1.54, 1.807) is 7.05 Å². The van der Waals surface area contributed by atoms with Crippen molar-refractivity contribution in [2.45, 2.75) is 19.8 Å².